The highest BCUT2D eigenvalue weighted by molar-refractivity contribution is 5.66. The molecule has 6 nitrogen and oxygen atoms in total. The second kappa shape index (κ2) is 5.99. The van der Waals surface area contributed by atoms with Gasteiger partial charge in [-0.3, -0.25) is 0 Å². The van der Waals surface area contributed by atoms with Gasteiger partial charge in [-0.15, -0.1) is 10.2 Å². The van der Waals surface area contributed by atoms with Gasteiger partial charge in [0.1, 0.15) is 0 Å². The van der Waals surface area contributed by atoms with Gasteiger partial charge in [0.15, 0.2) is 0 Å². The molecular formula is C13H15N3O3. The summed E-state index contributed by atoms with van der Waals surface area (Å²) in [4.78, 5) is 10.9. The lowest BCUT2D eigenvalue weighted by Gasteiger charge is -2.00. The average Bonchev–Trinajstić information content (AvgIpc) is 2.87. The Kier molecular flexibility index (Phi) is 4.12. The Balaban J connectivity index is 2.00. The summed E-state index contributed by atoms with van der Waals surface area (Å²) >= 11 is 0. The van der Waals surface area contributed by atoms with Gasteiger partial charge in [-0.1, -0.05) is 18.2 Å². The highest BCUT2D eigenvalue weighted by Gasteiger charge is 2.10. The van der Waals surface area contributed by atoms with Crippen LogP contribution in [0.3, 0.4) is 0 Å². The van der Waals surface area contributed by atoms with Crippen molar-refractivity contribution in [1.29, 1.82) is 0 Å². The Hall–Kier alpha value is -2.37. The van der Waals surface area contributed by atoms with E-state index < -0.39 is 6.09 Å². The van der Waals surface area contributed by atoms with Crippen molar-refractivity contribution in [2.75, 3.05) is 13.7 Å². The van der Waals surface area contributed by atoms with Crippen LogP contribution < -0.4 is 5.32 Å². The van der Waals surface area contributed by atoms with Crippen molar-refractivity contribution >= 4 is 6.09 Å². The lowest BCUT2D eigenvalue weighted by atomic mass is 10.1. The molecule has 0 fully saturated rings. The van der Waals surface area contributed by atoms with Crippen molar-refractivity contribution in [3.63, 3.8) is 0 Å². The summed E-state index contributed by atoms with van der Waals surface area (Å²) in [5.41, 5.74) is 1.99. The predicted molar refractivity (Wildman–Crippen MR) is 68.6 cm³/mol. The molecule has 0 spiro atoms. The lowest BCUT2D eigenvalue weighted by Crippen LogP contribution is -2.25. The van der Waals surface area contributed by atoms with Crippen LogP contribution in [0.5, 0.6) is 0 Å². The molecule has 1 heterocycles. The first-order valence-electron chi connectivity index (χ1n) is 5.91. The van der Waals surface area contributed by atoms with Gasteiger partial charge in [0, 0.05) is 18.5 Å². The Morgan fingerprint density at radius 2 is 2.16 bits per heavy atom. The molecule has 0 saturated heterocycles. The van der Waals surface area contributed by atoms with Crippen LogP contribution in [0.25, 0.3) is 11.5 Å². The summed E-state index contributed by atoms with van der Waals surface area (Å²) in [5, 5.41) is 10.5. The van der Waals surface area contributed by atoms with Crippen LogP contribution in [0.4, 0.5) is 4.79 Å². The number of aryl methyl sites for hydroxylation is 1. The zero-order valence-electron chi connectivity index (χ0n) is 10.8. The molecule has 2 aromatic rings. The number of hydrogen-bond acceptors (Lipinski definition) is 5. The van der Waals surface area contributed by atoms with Gasteiger partial charge in [-0.2, -0.15) is 0 Å². The molecule has 19 heavy (non-hydrogen) atoms. The minimum absolute atomic E-state index is 0.391. The number of alkyl carbamates (subject to hydrolysis) is 1. The summed E-state index contributed by atoms with van der Waals surface area (Å²) in [5.74, 6) is 0.973. The van der Waals surface area contributed by atoms with Crippen LogP contribution in [0, 0.1) is 6.92 Å². The summed E-state index contributed by atoms with van der Waals surface area (Å²) in [6, 6.07) is 7.79. The third-order valence-electron chi connectivity index (χ3n) is 2.64. The van der Waals surface area contributed by atoms with E-state index in [1.165, 1.54) is 7.11 Å². The number of carbonyl (C=O) groups excluding carboxylic acids is 1. The molecule has 6 heteroatoms. The molecule has 1 N–H and O–H groups in total. The Labute approximate surface area is 110 Å². The second-order valence-corrected chi connectivity index (χ2v) is 3.98. The monoisotopic (exact) mass is 261 g/mol. The van der Waals surface area contributed by atoms with Crippen LogP contribution in [0.15, 0.2) is 28.7 Å². The highest BCUT2D eigenvalue weighted by Crippen LogP contribution is 2.21. The molecule has 0 atom stereocenters. The molecule has 0 saturated carbocycles. The third kappa shape index (κ3) is 3.31. The van der Waals surface area contributed by atoms with Crippen LogP contribution in [-0.4, -0.2) is 29.9 Å². The van der Waals surface area contributed by atoms with E-state index in [0.717, 1.165) is 11.1 Å². The fraction of sp³-hybridized carbons (Fsp3) is 0.308. The maximum absolute atomic E-state index is 10.9. The minimum atomic E-state index is -0.473. The molecule has 2 rings (SSSR count). The van der Waals surface area contributed by atoms with Crippen LogP contribution in [-0.2, 0) is 11.2 Å². The lowest BCUT2D eigenvalue weighted by molar-refractivity contribution is 0.171. The number of rotatable bonds is 4. The molecule has 1 aromatic carbocycles. The van der Waals surface area contributed by atoms with Crippen molar-refractivity contribution in [3.05, 3.63) is 35.7 Å². The van der Waals surface area contributed by atoms with E-state index in [0.29, 0.717) is 24.7 Å². The first-order chi connectivity index (χ1) is 9.20. The van der Waals surface area contributed by atoms with E-state index in [-0.39, 0.29) is 0 Å². The van der Waals surface area contributed by atoms with E-state index in [9.17, 15) is 4.79 Å². The first-order valence-corrected chi connectivity index (χ1v) is 5.91. The normalized spacial score (nSPS) is 10.2. The molecule has 100 valence electrons. The fourth-order valence-electron chi connectivity index (χ4n) is 1.62. The molecule has 0 aliphatic heterocycles. The highest BCUT2D eigenvalue weighted by atomic mass is 16.5. The Morgan fingerprint density at radius 1 is 1.37 bits per heavy atom. The van der Waals surface area contributed by atoms with Crippen LogP contribution >= 0.6 is 0 Å². The smallest absolute Gasteiger partial charge is 0.406 e. The Bertz CT molecular complexity index is 566. The minimum Gasteiger partial charge on any atom is -0.453 e. The van der Waals surface area contributed by atoms with Gasteiger partial charge in [0.05, 0.1) is 7.11 Å². The first kappa shape index (κ1) is 13.1. The number of ether oxygens (including phenoxy) is 1. The van der Waals surface area contributed by atoms with E-state index in [1.807, 2.05) is 31.2 Å². The predicted octanol–water partition coefficient (Wildman–Crippen LogP) is 1.94. The van der Waals surface area contributed by atoms with Gasteiger partial charge < -0.3 is 14.5 Å². The molecular weight excluding hydrogens is 246 g/mol. The molecule has 0 bridgehead atoms. The molecule has 1 aromatic heterocycles. The standard InChI is InChI=1S/C13H15N3O3/c1-9-5-3-4-6-10(9)12-16-15-11(19-12)7-8-14-13(17)18-2/h3-6H,7-8H2,1-2H3,(H,14,17). The number of aromatic nitrogens is 2. The number of nitrogens with one attached hydrogen (secondary N) is 1. The maximum Gasteiger partial charge on any atom is 0.406 e. The number of amides is 1. The fourth-order valence-corrected chi connectivity index (χ4v) is 1.62. The van der Waals surface area contributed by atoms with Gasteiger partial charge >= 0.3 is 6.09 Å². The third-order valence-corrected chi connectivity index (χ3v) is 2.64. The van der Waals surface area contributed by atoms with Gasteiger partial charge in [0.25, 0.3) is 0 Å². The van der Waals surface area contributed by atoms with E-state index in [2.05, 4.69) is 20.3 Å². The van der Waals surface area contributed by atoms with E-state index in [4.69, 9.17) is 4.42 Å². The summed E-state index contributed by atoms with van der Waals surface area (Å²) in [6.07, 6.45) is -0.00723. The van der Waals surface area contributed by atoms with Crippen LogP contribution in [0.2, 0.25) is 0 Å². The largest absolute Gasteiger partial charge is 0.453 e. The van der Waals surface area contributed by atoms with Crippen LogP contribution in [0.1, 0.15) is 11.5 Å². The van der Waals surface area contributed by atoms with Crippen molar-refractivity contribution in [2.45, 2.75) is 13.3 Å². The maximum atomic E-state index is 10.9. The molecule has 0 radical (unpaired) electrons. The van der Waals surface area contributed by atoms with Crippen molar-refractivity contribution in [1.82, 2.24) is 15.5 Å². The Morgan fingerprint density at radius 3 is 2.89 bits per heavy atom. The molecule has 0 aliphatic rings. The number of carbonyl (C=O) groups is 1. The average molecular weight is 261 g/mol. The second-order valence-electron chi connectivity index (χ2n) is 3.98. The topological polar surface area (TPSA) is 77.2 Å². The van der Waals surface area contributed by atoms with Gasteiger partial charge in [-0.05, 0) is 18.6 Å². The molecule has 0 aliphatic carbocycles. The molecule has 0 unspecified atom stereocenters. The zero-order valence-corrected chi connectivity index (χ0v) is 10.8. The van der Waals surface area contributed by atoms with Gasteiger partial charge in [-0.25, -0.2) is 4.79 Å². The van der Waals surface area contributed by atoms with E-state index >= 15 is 0 Å². The van der Waals surface area contributed by atoms with E-state index in [1.54, 1.807) is 0 Å². The summed E-state index contributed by atoms with van der Waals surface area (Å²) in [7, 11) is 1.32. The van der Waals surface area contributed by atoms with Crippen molar-refractivity contribution in [3.8, 4) is 11.5 Å². The number of benzene rings is 1. The zero-order chi connectivity index (χ0) is 13.7. The van der Waals surface area contributed by atoms with Crippen molar-refractivity contribution < 1.29 is 13.9 Å². The summed E-state index contributed by atoms with van der Waals surface area (Å²) in [6.45, 7) is 2.38. The SMILES string of the molecule is COC(=O)NCCc1nnc(-c2ccccc2C)o1. The van der Waals surface area contributed by atoms with Gasteiger partial charge in [0.2, 0.25) is 11.8 Å². The summed E-state index contributed by atoms with van der Waals surface area (Å²) < 4.78 is 10.0. The number of nitrogens with zero attached hydrogens (tertiary/aromatic N) is 2. The molecule has 1 amide bonds. The van der Waals surface area contributed by atoms with Crippen molar-refractivity contribution in [2.24, 2.45) is 0 Å². The number of hydrogen-bond donors (Lipinski definition) is 1. The quantitative estimate of drug-likeness (QED) is 0.910. The number of methoxy groups -OCH3 is 1.